The van der Waals surface area contributed by atoms with E-state index in [-0.39, 0.29) is 11.5 Å². The van der Waals surface area contributed by atoms with Gasteiger partial charge in [0.05, 0.1) is 23.2 Å². The number of hydrogen-bond donors (Lipinski definition) is 1. The van der Waals surface area contributed by atoms with Gasteiger partial charge in [-0.15, -0.1) is 11.8 Å². The van der Waals surface area contributed by atoms with Crippen LogP contribution in [-0.2, 0) is 9.53 Å². The maximum Gasteiger partial charge on any atom is 0.315 e. The van der Waals surface area contributed by atoms with Crippen LogP contribution < -0.4 is 10.2 Å². The van der Waals surface area contributed by atoms with Crippen molar-refractivity contribution in [2.45, 2.75) is 24.3 Å². The highest BCUT2D eigenvalue weighted by molar-refractivity contribution is 9.11. The lowest BCUT2D eigenvalue weighted by atomic mass is 9.99. The molecule has 136 valence electrons. The zero-order valence-corrected chi connectivity index (χ0v) is 17.0. The lowest BCUT2D eigenvalue weighted by molar-refractivity contribution is -0.137. The summed E-state index contributed by atoms with van der Waals surface area (Å²) in [5.41, 5.74) is 2.56. The molecule has 1 aliphatic heterocycles. The fourth-order valence-electron chi connectivity index (χ4n) is 3.39. The molecule has 1 aliphatic carbocycles. The number of halogens is 1. The number of thioether (sulfide) groups is 1. The number of rotatable bonds is 5. The Bertz CT molecular complexity index is 866. The quantitative estimate of drug-likeness (QED) is 0.554. The monoisotopic (exact) mass is 432 g/mol. The van der Waals surface area contributed by atoms with Gasteiger partial charge in [0.15, 0.2) is 0 Å². The van der Waals surface area contributed by atoms with Gasteiger partial charge in [-0.25, -0.2) is 0 Å². The topological polar surface area (TPSA) is 41.6 Å². The molecule has 0 amide bonds. The SMILES string of the molecule is COC(=O)CSC1NCC=C(Br)N1c1ccc(C2CC2)c2ccccc12. The third kappa shape index (κ3) is 3.50. The molecule has 1 heterocycles. The molecule has 1 fully saturated rings. The molecule has 0 bridgehead atoms. The summed E-state index contributed by atoms with van der Waals surface area (Å²) < 4.78 is 5.81. The van der Waals surface area contributed by atoms with Crippen molar-refractivity contribution in [3.63, 3.8) is 0 Å². The highest BCUT2D eigenvalue weighted by atomic mass is 79.9. The summed E-state index contributed by atoms with van der Waals surface area (Å²) in [6, 6.07) is 13.1. The highest BCUT2D eigenvalue weighted by Gasteiger charge is 2.29. The van der Waals surface area contributed by atoms with E-state index in [1.54, 1.807) is 0 Å². The van der Waals surface area contributed by atoms with E-state index in [1.165, 1.54) is 48.0 Å². The second-order valence-electron chi connectivity index (χ2n) is 6.54. The maximum atomic E-state index is 11.6. The van der Waals surface area contributed by atoms with Gasteiger partial charge in [0.1, 0.15) is 5.50 Å². The van der Waals surface area contributed by atoms with E-state index >= 15 is 0 Å². The summed E-state index contributed by atoms with van der Waals surface area (Å²) >= 11 is 5.26. The number of carbonyl (C=O) groups excluding carboxylic acids is 1. The summed E-state index contributed by atoms with van der Waals surface area (Å²) in [4.78, 5) is 13.8. The average Bonchev–Trinajstić information content (AvgIpc) is 3.50. The molecular formula is C20H21BrN2O2S. The summed E-state index contributed by atoms with van der Waals surface area (Å²) in [7, 11) is 1.43. The summed E-state index contributed by atoms with van der Waals surface area (Å²) in [6.07, 6.45) is 4.68. The predicted octanol–water partition coefficient (Wildman–Crippen LogP) is 4.55. The average molecular weight is 433 g/mol. The van der Waals surface area contributed by atoms with Crippen molar-refractivity contribution in [3.8, 4) is 0 Å². The molecule has 1 atom stereocenters. The molecule has 4 nitrogen and oxygen atoms in total. The van der Waals surface area contributed by atoms with Crippen molar-refractivity contribution in [2.24, 2.45) is 0 Å². The smallest absolute Gasteiger partial charge is 0.315 e. The van der Waals surface area contributed by atoms with Crippen LogP contribution in [0.2, 0.25) is 0 Å². The number of benzene rings is 2. The van der Waals surface area contributed by atoms with E-state index in [0.717, 1.165) is 16.8 Å². The Morgan fingerprint density at radius 1 is 1.27 bits per heavy atom. The van der Waals surface area contributed by atoms with Crippen molar-refractivity contribution < 1.29 is 9.53 Å². The zero-order valence-electron chi connectivity index (χ0n) is 14.6. The summed E-state index contributed by atoms with van der Waals surface area (Å²) in [6.45, 7) is 0.758. The number of anilines is 1. The van der Waals surface area contributed by atoms with Gasteiger partial charge in [0, 0.05) is 11.9 Å². The van der Waals surface area contributed by atoms with Crippen LogP contribution in [0, 0.1) is 0 Å². The number of nitrogens with zero attached hydrogens (tertiary/aromatic N) is 1. The number of nitrogens with one attached hydrogen (secondary N) is 1. The third-order valence-electron chi connectivity index (χ3n) is 4.83. The number of hydrogen-bond acceptors (Lipinski definition) is 5. The standard InChI is InChI=1S/C20H21BrN2O2S/c1-25-19(24)12-26-20-22-11-10-18(21)23(20)17-9-8-14(13-6-7-13)15-4-2-3-5-16(15)17/h2-5,8-10,13,20,22H,6-7,11-12H2,1H3. The Hall–Kier alpha value is -1.50. The van der Waals surface area contributed by atoms with Crippen LogP contribution in [0.15, 0.2) is 47.1 Å². The van der Waals surface area contributed by atoms with Gasteiger partial charge in [-0.2, -0.15) is 0 Å². The van der Waals surface area contributed by atoms with Crippen molar-refractivity contribution in [2.75, 3.05) is 24.3 Å². The van der Waals surface area contributed by atoms with Crippen LogP contribution in [0.1, 0.15) is 24.3 Å². The first-order valence-corrected chi connectivity index (χ1v) is 10.6. The van der Waals surface area contributed by atoms with E-state index in [1.807, 2.05) is 0 Å². The molecule has 4 rings (SSSR count). The van der Waals surface area contributed by atoms with Gasteiger partial charge < -0.3 is 9.64 Å². The van der Waals surface area contributed by atoms with Gasteiger partial charge in [-0.05, 0) is 57.8 Å². The number of methoxy groups -OCH3 is 1. The van der Waals surface area contributed by atoms with Crippen LogP contribution in [0.25, 0.3) is 10.8 Å². The Labute approximate surface area is 166 Å². The molecule has 0 saturated heterocycles. The number of fused-ring (bicyclic) bond motifs is 1. The molecule has 0 radical (unpaired) electrons. The zero-order chi connectivity index (χ0) is 18.1. The molecule has 0 aromatic heterocycles. The van der Waals surface area contributed by atoms with E-state index in [2.05, 4.69) is 68.6 Å². The molecule has 1 N–H and O–H groups in total. The van der Waals surface area contributed by atoms with Crippen molar-refractivity contribution >= 4 is 50.1 Å². The van der Waals surface area contributed by atoms with E-state index in [4.69, 9.17) is 4.74 Å². The minimum Gasteiger partial charge on any atom is -0.468 e. The Morgan fingerprint density at radius 3 is 2.77 bits per heavy atom. The summed E-state index contributed by atoms with van der Waals surface area (Å²) in [5, 5.41) is 6.04. The Kier molecular flexibility index (Phi) is 5.25. The van der Waals surface area contributed by atoms with Gasteiger partial charge in [-0.3, -0.25) is 10.1 Å². The number of carbonyl (C=O) groups is 1. The minimum absolute atomic E-state index is 0.0383. The first-order chi connectivity index (χ1) is 12.7. The van der Waals surface area contributed by atoms with Crippen molar-refractivity contribution in [1.29, 1.82) is 0 Å². The van der Waals surface area contributed by atoms with E-state index in [9.17, 15) is 4.79 Å². The second kappa shape index (κ2) is 7.62. The summed E-state index contributed by atoms with van der Waals surface area (Å²) in [5.74, 6) is 0.802. The third-order valence-corrected chi connectivity index (χ3v) is 6.63. The predicted molar refractivity (Wildman–Crippen MR) is 112 cm³/mol. The fourth-order valence-corrected chi connectivity index (χ4v) is 5.09. The van der Waals surface area contributed by atoms with Gasteiger partial charge in [0.2, 0.25) is 0 Å². The first kappa shape index (κ1) is 17.9. The molecule has 2 aromatic rings. The largest absolute Gasteiger partial charge is 0.468 e. The Balaban J connectivity index is 1.73. The number of ether oxygens (including phenoxy) is 1. The minimum atomic E-state index is -0.212. The van der Waals surface area contributed by atoms with Crippen LogP contribution in [-0.4, -0.2) is 30.9 Å². The van der Waals surface area contributed by atoms with Crippen molar-refractivity contribution in [1.82, 2.24) is 5.32 Å². The first-order valence-electron chi connectivity index (χ1n) is 8.77. The molecule has 2 aromatic carbocycles. The second-order valence-corrected chi connectivity index (χ2v) is 8.42. The van der Waals surface area contributed by atoms with Crippen LogP contribution in [0.3, 0.4) is 0 Å². The van der Waals surface area contributed by atoms with Crippen molar-refractivity contribution in [3.05, 3.63) is 52.6 Å². The van der Waals surface area contributed by atoms with E-state index < -0.39 is 0 Å². The van der Waals surface area contributed by atoms with Crippen LogP contribution >= 0.6 is 27.7 Å². The molecule has 2 aliphatic rings. The van der Waals surface area contributed by atoms with Gasteiger partial charge in [-0.1, -0.05) is 30.3 Å². The normalized spacial score (nSPS) is 20.2. The Morgan fingerprint density at radius 2 is 2.04 bits per heavy atom. The fraction of sp³-hybridized carbons (Fsp3) is 0.350. The lowest BCUT2D eigenvalue weighted by Gasteiger charge is -2.37. The van der Waals surface area contributed by atoms with E-state index in [0.29, 0.717) is 11.7 Å². The molecule has 26 heavy (non-hydrogen) atoms. The van der Waals surface area contributed by atoms with Crippen LogP contribution in [0.4, 0.5) is 5.69 Å². The molecular weight excluding hydrogens is 412 g/mol. The molecule has 1 unspecified atom stereocenters. The van der Waals surface area contributed by atoms with Crippen LogP contribution in [0.5, 0.6) is 0 Å². The van der Waals surface area contributed by atoms with Gasteiger partial charge in [0.25, 0.3) is 0 Å². The molecule has 6 heteroatoms. The number of esters is 1. The maximum absolute atomic E-state index is 11.6. The highest BCUT2D eigenvalue weighted by Crippen LogP contribution is 2.46. The molecule has 0 spiro atoms. The van der Waals surface area contributed by atoms with Gasteiger partial charge >= 0.3 is 5.97 Å². The molecule has 1 saturated carbocycles. The lowest BCUT2D eigenvalue weighted by Crippen LogP contribution is -2.46.